The molecule has 0 aromatic heterocycles. The Bertz CT molecular complexity index is 142. The van der Waals surface area contributed by atoms with Crippen molar-refractivity contribution in [2.45, 2.75) is 46.6 Å². The summed E-state index contributed by atoms with van der Waals surface area (Å²) in [4.78, 5) is 0. The molecule has 1 rings (SSSR count). The van der Waals surface area contributed by atoms with Crippen LogP contribution in [0.15, 0.2) is 0 Å². The highest BCUT2D eigenvalue weighted by atomic mass is 16.3. The molecule has 1 heteroatoms. The molecule has 4 unspecified atom stereocenters. The van der Waals surface area contributed by atoms with Gasteiger partial charge in [0.15, 0.2) is 0 Å². The van der Waals surface area contributed by atoms with Crippen molar-refractivity contribution in [1.82, 2.24) is 0 Å². The topological polar surface area (TPSA) is 20.2 Å². The van der Waals surface area contributed by atoms with Crippen LogP contribution in [0.4, 0.5) is 0 Å². The second-order valence-corrected chi connectivity index (χ2v) is 4.80. The fourth-order valence-electron chi connectivity index (χ4n) is 2.67. The Morgan fingerprint density at radius 3 is 2.17 bits per heavy atom. The van der Waals surface area contributed by atoms with E-state index >= 15 is 0 Å². The maximum absolute atomic E-state index is 9.83. The summed E-state index contributed by atoms with van der Waals surface area (Å²) in [6.07, 6.45) is 2.16. The lowest BCUT2D eigenvalue weighted by atomic mass is 9.68. The third-order valence-electron chi connectivity index (χ3n) is 3.64. The fraction of sp³-hybridized carbons (Fsp3) is 1.00. The molecule has 72 valence electrons. The first-order valence-electron chi connectivity index (χ1n) is 5.22. The third-order valence-corrected chi connectivity index (χ3v) is 3.64. The molecule has 0 saturated heterocycles. The fourth-order valence-corrected chi connectivity index (χ4v) is 2.67. The molecule has 0 amide bonds. The van der Waals surface area contributed by atoms with Gasteiger partial charge in [0.2, 0.25) is 0 Å². The van der Waals surface area contributed by atoms with E-state index in [1.807, 2.05) is 0 Å². The number of rotatable bonds is 1. The molecular formula is C11H22O. The Balaban J connectivity index is 2.65. The number of hydrogen-bond acceptors (Lipinski definition) is 1. The quantitative estimate of drug-likeness (QED) is 0.641. The van der Waals surface area contributed by atoms with Gasteiger partial charge in [-0.2, -0.15) is 0 Å². The minimum absolute atomic E-state index is 0.0452. The normalized spacial score (nSPS) is 43.5. The van der Waals surface area contributed by atoms with Crippen LogP contribution in [-0.4, -0.2) is 11.2 Å². The molecule has 0 bridgehead atoms. The summed E-state index contributed by atoms with van der Waals surface area (Å²) < 4.78 is 0. The molecule has 0 spiro atoms. The van der Waals surface area contributed by atoms with E-state index in [-0.39, 0.29) is 6.10 Å². The lowest BCUT2D eigenvalue weighted by Gasteiger charge is -2.40. The summed E-state index contributed by atoms with van der Waals surface area (Å²) in [7, 11) is 0. The van der Waals surface area contributed by atoms with Crippen molar-refractivity contribution in [3.8, 4) is 0 Å². The van der Waals surface area contributed by atoms with Crippen molar-refractivity contribution in [2.24, 2.45) is 23.7 Å². The van der Waals surface area contributed by atoms with Crippen molar-refractivity contribution in [2.75, 3.05) is 0 Å². The Morgan fingerprint density at radius 1 is 1.17 bits per heavy atom. The molecule has 1 saturated carbocycles. The summed E-state index contributed by atoms with van der Waals surface area (Å²) in [5.41, 5.74) is 0. The first kappa shape index (κ1) is 10.0. The third kappa shape index (κ3) is 1.82. The Morgan fingerprint density at radius 2 is 1.75 bits per heavy atom. The van der Waals surface area contributed by atoms with Gasteiger partial charge in [0, 0.05) is 0 Å². The van der Waals surface area contributed by atoms with E-state index in [2.05, 4.69) is 27.7 Å². The smallest absolute Gasteiger partial charge is 0.0573 e. The van der Waals surface area contributed by atoms with Gasteiger partial charge in [-0.05, 0) is 36.5 Å². The average molecular weight is 170 g/mol. The maximum atomic E-state index is 9.83. The van der Waals surface area contributed by atoms with E-state index in [4.69, 9.17) is 0 Å². The Labute approximate surface area is 76.2 Å². The molecule has 0 aromatic rings. The van der Waals surface area contributed by atoms with Crippen LogP contribution in [0.3, 0.4) is 0 Å². The molecule has 1 nitrogen and oxygen atoms in total. The van der Waals surface area contributed by atoms with Gasteiger partial charge in [0.05, 0.1) is 6.10 Å². The van der Waals surface area contributed by atoms with Crippen LogP contribution < -0.4 is 0 Å². The summed E-state index contributed by atoms with van der Waals surface area (Å²) in [6.45, 7) is 9.05. The predicted octanol–water partition coefficient (Wildman–Crippen LogP) is 2.69. The number of hydrogen-bond donors (Lipinski definition) is 1. The number of aliphatic hydroxyl groups excluding tert-OH is 1. The summed E-state index contributed by atoms with van der Waals surface area (Å²) in [5.74, 6) is 2.63. The molecule has 1 aliphatic rings. The van der Waals surface area contributed by atoms with Crippen LogP contribution in [-0.2, 0) is 0 Å². The SMILES string of the molecule is CC(C)C1C(O)CCC(C)C1C. The van der Waals surface area contributed by atoms with Gasteiger partial charge in [-0.3, -0.25) is 0 Å². The highest BCUT2D eigenvalue weighted by Gasteiger charge is 2.35. The first-order valence-corrected chi connectivity index (χ1v) is 5.22. The van der Waals surface area contributed by atoms with Gasteiger partial charge in [0.25, 0.3) is 0 Å². The standard InChI is InChI=1S/C11H22O/c1-7(2)11-9(4)8(3)5-6-10(11)12/h7-12H,5-6H2,1-4H3. The molecule has 0 aromatic carbocycles. The lowest BCUT2D eigenvalue weighted by Crippen LogP contribution is -2.38. The highest BCUT2D eigenvalue weighted by Crippen LogP contribution is 2.38. The van der Waals surface area contributed by atoms with Crippen LogP contribution in [0.5, 0.6) is 0 Å². The molecule has 4 atom stereocenters. The molecule has 1 aliphatic carbocycles. The van der Waals surface area contributed by atoms with Gasteiger partial charge in [-0.15, -0.1) is 0 Å². The summed E-state index contributed by atoms with van der Waals surface area (Å²) in [6, 6.07) is 0. The van der Waals surface area contributed by atoms with Crippen LogP contribution in [0, 0.1) is 23.7 Å². The highest BCUT2D eigenvalue weighted by molar-refractivity contribution is 4.84. The van der Waals surface area contributed by atoms with Crippen LogP contribution in [0.2, 0.25) is 0 Å². The predicted molar refractivity (Wildman–Crippen MR) is 51.9 cm³/mol. The number of aliphatic hydroxyl groups is 1. The van der Waals surface area contributed by atoms with E-state index in [1.165, 1.54) is 6.42 Å². The zero-order valence-corrected chi connectivity index (χ0v) is 8.75. The largest absolute Gasteiger partial charge is 0.393 e. The van der Waals surface area contributed by atoms with Crippen molar-refractivity contribution < 1.29 is 5.11 Å². The molecule has 0 heterocycles. The van der Waals surface area contributed by atoms with Gasteiger partial charge in [0.1, 0.15) is 0 Å². The van der Waals surface area contributed by atoms with Crippen molar-refractivity contribution in [3.05, 3.63) is 0 Å². The molecule has 0 radical (unpaired) electrons. The van der Waals surface area contributed by atoms with E-state index in [1.54, 1.807) is 0 Å². The van der Waals surface area contributed by atoms with E-state index in [0.717, 1.165) is 12.3 Å². The Kier molecular flexibility index (Phi) is 3.16. The Hall–Kier alpha value is -0.0400. The average Bonchev–Trinajstić information content (AvgIpc) is 1.97. The van der Waals surface area contributed by atoms with Gasteiger partial charge in [-0.25, -0.2) is 0 Å². The van der Waals surface area contributed by atoms with E-state index in [9.17, 15) is 5.11 Å². The second-order valence-electron chi connectivity index (χ2n) is 4.80. The van der Waals surface area contributed by atoms with E-state index < -0.39 is 0 Å². The monoisotopic (exact) mass is 170 g/mol. The zero-order valence-electron chi connectivity index (χ0n) is 8.75. The minimum Gasteiger partial charge on any atom is -0.393 e. The zero-order chi connectivity index (χ0) is 9.30. The molecular weight excluding hydrogens is 148 g/mol. The first-order chi connectivity index (χ1) is 5.54. The van der Waals surface area contributed by atoms with E-state index in [0.29, 0.717) is 17.8 Å². The molecule has 1 N–H and O–H groups in total. The summed E-state index contributed by atoms with van der Waals surface area (Å²) >= 11 is 0. The van der Waals surface area contributed by atoms with Gasteiger partial charge >= 0.3 is 0 Å². The van der Waals surface area contributed by atoms with Crippen LogP contribution >= 0.6 is 0 Å². The maximum Gasteiger partial charge on any atom is 0.0573 e. The minimum atomic E-state index is -0.0452. The van der Waals surface area contributed by atoms with Crippen LogP contribution in [0.25, 0.3) is 0 Å². The lowest BCUT2D eigenvalue weighted by molar-refractivity contribution is -0.0103. The van der Waals surface area contributed by atoms with Crippen molar-refractivity contribution in [1.29, 1.82) is 0 Å². The van der Waals surface area contributed by atoms with Crippen LogP contribution in [0.1, 0.15) is 40.5 Å². The molecule has 1 fully saturated rings. The van der Waals surface area contributed by atoms with Gasteiger partial charge < -0.3 is 5.11 Å². The summed E-state index contributed by atoms with van der Waals surface area (Å²) in [5, 5.41) is 9.83. The molecule has 12 heavy (non-hydrogen) atoms. The second kappa shape index (κ2) is 3.78. The molecule has 0 aliphatic heterocycles. The van der Waals surface area contributed by atoms with Crippen molar-refractivity contribution >= 4 is 0 Å². The van der Waals surface area contributed by atoms with Crippen molar-refractivity contribution in [3.63, 3.8) is 0 Å². The van der Waals surface area contributed by atoms with Gasteiger partial charge in [-0.1, -0.05) is 27.7 Å².